The Balaban J connectivity index is 0.000000214. The topological polar surface area (TPSA) is 46.9 Å². The highest BCUT2D eigenvalue weighted by Crippen LogP contribution is 2.49. The predicted molar refractivity (Wildman–Crippen MR) is 147 cm³/mol. The molecule has 1 heterocycles. The van der Waals surface area contributed by atoms with Crippen molar-refractivity contribution in [3.05, 3.63) is 76.9 Å². The fraction of sp³-hybridized carbons (Fsp3) is 0.548. The molecule has 2 aromatic carbocycles. The van der Waals surface area contributed by atoms with E-state index in [1.807, 2.05) is 56.4 Å². The van der Waals surface area contributed by atoms with E-state index in [9.17, 15) is 10.2 Å². The van der Waals surface area contributed by atoms with E-state index in [4.69, 9.17) is 0 Å². The van der Waals surface area contributed by atoms with Gasteiger partial charge in [-0.3, -0.25) is 4.90 Å². The lowest BCUT2D eigenvalue weighted by atomic mass is 9.59. The van der Waals surface area contributed by atoms with Crippen molar-refractivity contribution in [3.8, 4) is 5.75 Å². The third-order valence-corrected chi connectivity index (χ3v) is 8.63. The van der Waals surface area contributed by atoms with E-state index in [-0.39, 0.29) is 11.5 Å². The lowest BCUT2D eigenvalue weighted by molar-refractivity contribution is 0.0397. The van der Waals surface area contributed by atoms with Gasteiger partial charge in [-0.25, -0.2) is 0 Å². The molecule has 0 amide bonds. The summed E-state index contributed by atoms with van der Waals surface area (Å²) in [5, 5.41) is 19.9. The number of likely N-dealkylation sites (tertiary alicyclic amines) is 1. The minimum absolute atomic E-state index is 0.155. The average molecular weight is 479 g/mol. The number of hydrogen-bond acceptors (Lipinski definition) is 4. The van der Waals surface area contributed by atoms with Gasteiger partial charge in [0.2, 0.25) is 0 Å². The molecule has 2 aromatic rings. The van der Waals surface area contributed by atoms with Crippen LogP contribution in [-0.4, -0.2) is 58.8 Å². The van der Waals surface area contributed by atoms with Gasteiger partial charge in [0.05, 0.1) is 6.10 Å². The van der Waals surface area contributed by atoms with Gasteiger partial charge in [-0.05, 0) is 93.9 Å². The summed E-state index contributed by atoms with van der Waals surface area (Å²) in [5.41, 5.74) is 5.41. The molecule has 5 atom stereocenters. The average Bonchev–Trinajstić information content (AvgIpc) is 2.85. The first-order valence-electron chi connectivity index (χ1n) is 13.2. The van der Waals surface area contributed by atoms with Crippen LogP contribution < -0.4 is 0 Å². The van der Waals surface area contributed by atoms with Crippen LogP contribution in [0.5, 0.6) is 5.75 Å². The van der Waals surface area contributed by atoms with E-state index < -0.39 is 6.10 Å². The van der Waals surface area contributed by atoms with Gasteiger partial charge in [0.25, 0.3) is 0 Å². The van der Waals surface area contributed by atoms with Crippen LogP contribution in [0.3, 0.4) is 0 Å². The Labute approximate surface area is 213 Å². The second-order valence-electron chi connectivity index (χ2n) is 11.0. The van der Waals surface area contributed by atoms with Crippen molar-refractivity contribution in [1.82, 2.24) is 9.80 Å². The number of aliphatic hydroxyl groups is 1. The van der Waals surface area contributed by atoms with Crippen molar-refractivity contribution >= 4 is 0 Å². The second kappa shape index (κ2) is 11.7. The van der Waals surface area contributed by atoms with Crippen molar-refractivity contribution in [2.24, 2.45) is 5.92 Å². The van der Waals surface area contributed by atoms with Gasteiger partial charge < -0.3 is 15.1 Å². The molecule has 1 fully saturated rings. The number of allylic oxidation sites excluding steroid dienone is 1. The van der Waals surface area contributed by atoms with Crippen molar-refractivity contribution in [2.45, 2.75) is 78.0 Å². The fourth-order valence-corrected chi connectivity index (χ4v) is 5.68. The Kier molecular flexibility index (Phi) is 9.20. The molecule has 2 aliphatic rings. The van der Waals surface area contributed by atoms with E-state index in [1.165, 1.54) is 23.1 Å². The molecular weight excluding hydrogens is 432 g/mol. The summed E-state index contributed by atoms with van der Waals surface area (Å²) in [4.78, 5) is 4.78. The molecule has 4 rings (SSSR count). The van der Waals surface area contributed by atoms with Gasteiger partial charge in [-0.2, -0.15) is 0 Å². The zero-order chi connectivity index (χ0) is 25.8. The summed E-state index contributed by atoms with van der Waals surface area (Å²) < 4.78 is 0. The Bertz CT molecular complexity index is 985. The highest BCUT2D eigenvalue weighted by molar-refractivity contribution is 5.44. The number of benzene rings is 2. The number of phenols is 1. The first-order valence-corrected chi connectivity index (χ1v) is 13.2. The monoisotopic (exact) mass is 478 g/mol. The smallest absolute Gasteiger partial charge is 0.115 e. The van der Waals surface area contributed by atoms with Crippen molar-refractivity contribution in [2.75, 3.05) is 26.7 Å². The molecule has 1 aliphatic carbocycles. The molecular formula is C31H46N2O2. The van der Waals surface area contributed by atoms with Crippen LogP contribution >= 0.6 is 0 Å². The van der Waals surface area contributed by atoms with Crippen molar-refractivity contribution in [3.63, 3.8) is 0 Å². The summed E-state index contributed by atoms with van der Waals surface area (Å²) in [6, 6.07) is 16.6. The van der Waals surface area contributed by atoms with Crippen molar-refractivity contribution < 1.29 is 10.2 Å². The van der Waals surface area contributed by atoms with Gasteiger partial charge in [0.1, 0.15) is 5.75 Å². The van der Waals surface area contributed by atoms with Crippen LogP contribution in [0.1, 0.15) is 70.8 Å². The maximum absolute atomic E-state index is 10.0. The van der Waals surface area contributed by atoms with Gasteiger partial charge in [0.15, 0.2) is 0 Å². The molecule has 0 saturated carbocycles. The van der Waals surface area contributed by atoms with Crippen LogP contribution in [0.25, 0.3) is 0 Å². The molecule has 192 valence electrons. The van der Waals surface area contributed by atoms with Crippen LogP contribution in [-0.2, 0) is 11.8 Å². The molecule has 0 aromatic heterocycles. The molecule has 2 N–H and O–H groups in total. The Morgan fingerprint density at radius 3 is 2.51 bits per heavy atom. The maximum atomic E-state index is 10.0. The minimum atomic E-state index is -0.402. The molecule has 35 heavy (non-hydrogen) atoms. The number of piperidine rings is 1. The molecule has 2 bridgehead atoms. The van der Waals surface area contributed by atoms with Crippen LogP contribution in [0.4, 0.5) is 0 Å². The Morgan fingerprint density at radius 2 is 1.89 bits per heavy atom. The van der Waals surface area contributed by atoms with Gasteiger partial charge in [-0.15, -0.1) is 0 Å². The zero-order valence-electron chi connectivity index (χ0n) is 22.8. The van der Waals surface area contributed by atoms with Crippen LogP contribution in [0.15, 0.2) is 60.2 Å². The number of nitrogens with zero attached hydrogens (tertiary/aromatic N) is 2. The summed E-state index contributed by atoms with van der Waals surface area (Å²) in [6.07, 6.45) is 4.24. The number of fused-ring (bicyclic) bond motifs is 4. The number of rotatable bonds is 6. The molecule has 1 saturated heterocycles. The maximum Gasteiger partial charge on any atom is 0.115 e. The SMILES string of the molecule is CC(C)=CCN1CC[C@@]2(C)c3cc(O)ccc3C[C@@H]1[C@@H]2C.CCN(C)C(C)C(O)c1ccccc1. The zero-order valence-corrected chi connectivity index (χ0v) is 22.8. The van der Waals surface area contributed by atoms with Gasteiger partial charge >= 0.3 is 0 Å². The number of aliphatic hydroxyl groups excluding tert-OH is 1. The van der Waals surface area contributed by atoms with Crippen LogP contribution in [0.2, 0.25) is 0 Å². The molecule has 4 heteroatoms. The fourth-order valence-electron chi connectivity index (χ4n) is 5.68. The van der Waals surface area contributed by atoms with E-state index >= 15 is 0 Å². The third kappa shape index (κ3) is 6.17. The lowest BCUT2D eigenvalue weighted by Crippen LogP contribution is -2.57. The molecule has 1 aliphatic heterocycles. The van der Waals surface area contributed by atoms with E-state index in [2.05, 4.69) is 56.6 Å². The largest absolute Gasteiger partial charge is 0.508 e. The van der Waals surface area contributed by atoms with Crippen LogP contribution in [0, 0.1) is 5.92 Å². The number of hydrogen-bond donors (Lipinski definition) is 2. The number of aromatic hydroxyl groups is 1. The Morgan fingerprint density at radius 1 is 1.20 bits per heavy atom. The number of likely N-dealkylation sites (N-methyl/N-ethyl adjacent to an activating group) is 1. The minimum Gasteiger partial charge on any atom is -0.508 e. The second-order valence-corrected chi connectivity index (χ2v) is 11.0. The van der Waals surface area contributed by atoms with Gasteiger partial charge in [-0.1, -0.05) is 68.8 Å². The van der Waals surface area contributed by atoms with E-state index in [0.717, 1.165) is 31.6 Å². The predicted octanol–water partition coefficient (Wildman–Crippen LogP) is 5.94. The van der Waals surface area contributed by atoms with E-state index in [1.54, 1.807) is 0 Å². The summed E-state index contributed by atoms with van der Waals surface area (Å²) in [5.74, 6) is 1.04. The third-order valence-electron chi connectivity index (χ3n) is 8.63. The highest BCUT2D eigenvalue weighted by atomic mass is 16.3. The van der Waals surface area contributed by atoms with Gasteiger partial charge in [0, 0.05) is 18.6 Å². The molecule has 4 nitrogen and oxygen atoms in total. The summed E-state index contributed by atoms with van der Waals surface area (Å²) >= 11 is 0. The number of phenolic OH excluding ortho intramolecular Hbond substituents is 1. The standard InChI is InChI=1S/C19H27NO.C12H19NO/c1-13(2)7-9-20-10-8-19(4)14(3)18(20)11-15-5-6-16(21)12-17(15)19;1-4-13(3)10(2)12(14)11-8-6-5-7-9-11/h5-7,12,14,18,21H,8-11H2,1-4H3;5-10,12,14H,4H2,1-3H3/t14-,18+,19+;/m0./s1. The Hall–Kier alpha value is -2.14. The first-order chi connectivity index (χ1) is 16.6. The first kappa shape index (κ1) is 27.4. The van der Waals surface area contributed by atoms with E-state index in [0.29, 0.717) is 17.7 Å². The highest BCUT2D eigenvalue weighted by Gasteiger charge is 2.48. The molecule has 0 radical (unpaired) electrons. The normalized spacial score (nSPS) is 25.2. The van der Waals surface area contributed by atoms with Crippen molar-refractivity contribution in [1.29, 1.82) is 0 Å². The summed E-state index contributed by atoms with van der Waals surface area (Å²) in [7, 11) is 2.02. The quantitative estimate of drug-likeness (QED) is 0.504. The molecule has 0 spiro atoms. The lowest BCUT2D eigenvalue weighted by Gasteiger charge is -2.54. The summed E-state index contributed by atoms with van der Waals surface area (Å²) in [6.45, 7) is 16.4. The molecule has 2 unspecified atom stereocenters.